The van der Waals surface area contributed by atoms with E-state index in [1.54, 1.807) is 0 Å². The van der Waals surface area contributed by atoms with Crippen LogP contribution in [0.15, 0.2) is 12.5 Å². The molecule has 29 heavy (non-hydrogen) atoms. The second kappa shape index (κ2) is 7.82. The molecule has 0 radical (unpaired) electrons. The van der Waals surface area contributed by atoms with Gasteiger partial charge in [0.1, 0.15) is 35.2 Å². The van der Waals surface area contributed by atoms with E-state index in [1.807, 2.05) is 0 Å². The van der Waals surface area contributed by atoms with Crippen molar-refractivity contribution in [3.8, 4) is 5.75 Å². The molecule has 8 N–H and O–H groups in total. The van der Waals surface area contributed by atoms with Crippen LogP contribution in [-0.2, 0) is 4.79 Å². The zero-order valence-corrected chi connectivity index (χ0v) is 16.2. The van der Waals surface area contributed by atoms with Crippen LogP contribution in [-0.4, -0.2) is 87.4 Å². The van der Waals surface area contributed by atoms with Crippen molar-refractivity contribution in [1.29, 1.82) is 0 Å². The molecule has 2 heterocycles. The van der Waals surface area contributed by atoms with Gasteiger partial charge in [-0.1, -0.05) is 6.92 Å². The minimum absolute atomic E-state index is 0.0186. The number of H-pyrrole nitrogens is 1. The quantitative estimate of drug-likeness (QED) is 0.169. The number of carbonyl (C=O) groups is 1. The molecular weight excluding hydrogens is 388 g/mol. The fourth-order valence-electron chi connectivity index (χ4n) is 3.53. The number of nitrogens with one attached hydrogen (secondary N) is 1. The summed E-state index contributed by atoms with van der Waals surface area (Å²) in [4.78, 5) is 22.4. The number of carbonyl (C=O) groups excluding carboxylic acids is 1. The van der Waals surface area contributed by atoms with Crippen molar-refractivity contribution in [2.24, 2.45) is 5.92 Å². The highest BCUT2D eigenvalue weighted by molar-refractivity contribution is 5.93. The number of hydrogen-bond acceptors (Lipinski definition) is 11. The maximum Gasteiger partial charge on any atom is 0.223 e. The Morgan fingerprint density at radius 1 is 1.21 bits per heavy atom. The van der Waals surface area contributed by atoms with Gasteiger partial charge in [0.15, 0.2) is 5.79 Å². The third-order valence-electron chi connectivity index (χ3n) is 5.05. The summed E-state index contributed by atoms with van der Waals surface area (Å²) in [7, 11) is 1.35. The lowest BCUT2D eigenvalue weighted by Gasteiger charge is -2.47. The Morgan fingerprint density at radius 2 is 1.83 bits per heavy atom. The number of anilines is 1. The molecule has 2 rings (SSSR count). The van der Waals surface area contributed by atoms with Crippen molar-refractivity contribution in [3.63, 3.8) is 0 Å². The summed E-state index contributed by atoms with van der Waals surface area (Å²) in [5, 5.41) is 72.2. The second-order valence-corrected chi connectivity index (χ2v) is 7.28. The molecule has 0 aliphatic carbocycles. The molecule has 0 saturated heterocycles. The Bertz CT molecular complexity index is 861. The van der Waals surface area contributed by atoms with Crippen LogP contribution in [0, 0.1) is 5.92 Å². The number of aromatic nitrogens is 3. The first-order valence-electron chi connectivity index (χ1n) is 8.77. The molecule has 0 aliphatic rings. The van der Waals surface area contributed by atoms with Gasteiger partial charge >= 0.3 is 0 Å². The molecule has 12 heteroatoms. The van der Waals surface area contributed by atoms with Gasteiger partial charge < -0.3 is 50.4 Å². The van der Waals surface area contributed by atoms with Crippen molar-refractivity contribution in [2.75, 3.05) is 11.9 Å². The largest absolute Gasteiger partial charge is 0.506 e. The number of likely N-dealkylation sites (N-methyl/N-ethyl adjacent to an activating group) is 1. The predicted octanol–water partition coefficient (Wildman–Crippen LogP) is -1.85. The van der Waals surface area contributed by atoms with Crippen molar-refractivity contribution < 1.29 is 40.5 Å². The Labute approximate surface area is 165 Å². The fourth-order valence-corrected chi connectivity index (χ4v) is 3.53. The minimum atomic E-state index is -3.26. The fraction of sp³-hybridized carbons (Fsp3) is 0.588. The van der Waals surface area contributed by atoms with E-state index in [0.717, 1.165) is 25.1 Å². The Hall–Kier alpha value is -2.35. The van der Waals surface area contributed by atoms with Crippen LogP contribution >= 0.6 is 0 Å². The summed E-state index contributed by atoms with van der Waals surface area (Å²) in [5.74, 6) is -10.8. The number of aliphatic hydroxyl groups is 6. The first-order valence-corrected chi connectivity index (χ1v) is 8.77. The van der Waals surface area contributed by atoms with E-state index < -0.39 is 35.7 Å². The summed E-state index contributed by atoms with van der Waals surface area (Å²) < 4.78 is 0. The first kappa shape index (κ1) is 22.9. The van der Waals surface area contributed by atoms with Crippen molar-refractivity contribution >= 4 is 23.1 Å². The molecule has 0 fully saturated rings. The molecule has 162 valence electrons. The lowest BCUT2D eigenvalue weighted by Crippen LogP contribution is -2.66. The lowest BCUT2D eigenvalue weighted by atomic mass is 9.81. The molecular formula is C17H26N4O8. The summed E-state index contributed by atoms with van der Waals surface area (Å²) in [6.45, 7) is 2.13. The van der Waals surface area contributed by atoms with E-state index in [9.17, 15) is 40.5 Å². The number of aromatic hydroxyl groups is 1. The Morgan fingerprint density at radius 3 is 2.38 bits per heavy atom. The average molecular weight is 414 g/mol. The van der Waals surface area contributed by atoms with Crippen LogP contribution < -0.4 is 4.90 Å². The van der Waals surface area contributed by atoms with E-state index in [-0.39, 0.29) is 29.0 Å². The molecule has 2 aromatic rings. The molecule has 2 aromatic heterocycles. The van der Waals surface area contributed by atoms with Gasteiger partial charge in [-0.2, -0.15) is 0 Å². The normalized spacial score (nSPS) is 15.3. The predicted molar refractivity (Wildman–Crippen MR) is 99.4 cm³/mol. The maximum absolute atomic E-state index is 10.6. The van der Waals surface area contributed by atoms with Crippen molar-refractivity contribution in [2.45, 2.75) is 50.1 Å². The number of nitrogens with zero attached hydrogens (tertiary/aromatic N) is 3. The minimum Gasteiger partial charge on any atom is -0.506 e. The van der Waals surface area contributed by atoms with E-state index >= 15 is 0 Å². The van der Waals surface area contributed by atoms with Crippen molar-refractivity contribution in [1.82, 2.24) is 15.0 Å². The van der Waals surface area contributed by atoms with E-state index in [4.69, 9.17) is 0 Å². The van der Waals surface area contributed by atoms with Crippen LogP contribution in [0.5, 0.6) is 5.75 Å². The van der Waals surface area contributed by atoms with Gasteiger partial charge in [-0.3, -0.25) is 0 Å². The monoisotopic (exact) mass is 414 g/mol. The second-order valence-electron chi connectivity index (χ2n) is 7.28. The van der Waals surface area contributed by atoms with Gasteiger partial charge in [0.05, 0.1) is 6.04 Å². The van der Waals surface area contributed by atoms with Crippen LogP contribution in [0.3, 0.4) is 0 Å². The van der Waals surface area contributed by atoms with Gasteiger partial charge in [-0.15, -0.1) is 0 Å². The highest BCUT2D eigenvalue weighted by atomic mass is 16.6. The summed E-state index contributed by atoms with van der Waals surface area (Å²) in [6, 6.07) is -1.57. The summed E-state index contributed by atoms with van der Waals surface area (Å²) >= 11 is 0. The number of hydrogen-bond donors (Lipinski definition) is 8. The summed E-state index contributed by atoms with van der Waals surface area (Å²) in [5.41, 5.74) is 0.243. The number of aldehydes is 1. The van der Waals surface area contributed by atoms with Gasteiger partial charge in [0, 0.05) is 32.0 Å². The zero-order chi connectivity index (χ0) is 22.2. The molecule has 12 nitrogen and oxygen atoms in total. The van der Waals surface area contributed by atoms with Crippen LogP contribution in [0.4, 0.5) is 5.82 Å². The Balaban J connectivity index is 2.53. The molecule has 0 bridgehead atoms. The van der Waals surface area contributed by atoms with Gasteiger partial charge in [0.25, 0.3) is 0 Å². The topological polar surface area (TPSA) is 203 Å². The van der Waals surface area contributed by atoms with Gasteiger partial charge in [-0.25, -0.2) is 9.97 Å². The molecule has 0 amide bonds. The standard InChI is InChI=1S/C17H26N4O8/c1-9(17(28,29)16(26,27)5-4-6-22)12(15(2,24)25)21(3)14-11-10(23)7-18-13(11)19-8-20-14/h6-9,12,23-29H,4-5H2,1-3H3,(H,18,19,20). The number of fused-ring (bicyclic) bond motifs is 1. The maximum atomic E-state index is 10.6. The molecule has 0 saturated carbocycles. The van der Waals surface area contributed by atoms with Crippen LogP contribution in [0.25, 0.3) is 11.0 Å². The van der Waals surface area contributed by atoms with Gasteiger partial charge in [-0.05, 0) is 6.92 Å². The Kier molecular flexibility index (Phi) is 6.18. The molecule has 0 aromatic carbocycles. The van der Waals surface area contributed by atoms with E-state index in [0.29, 0.717) is 6.29 Å². The van der Waals surface area contributed by atoms with E-state index in [1.165, 1.54) is 13.2 Å². The third-order valence-corrected chi connectivity index (χ3v) is 5.05. The van der Waals surface area contributed by atoms with Crippen molar-refractivity contribution in [3.05, 3.63) is 12.5 Å². The zero-order valence-electron chi connectivity index (χ0n) is 16.2. The molecule has 2 atom stereocenters. The molecule has 0 spiro atoms. The molecule has 0 aliphatic heterocycles. The highest BCUT2D eigenvalue weighted by Gasteiger charge is 2.56. The van der Waals surface area contributed by atoms with Crippen LogP contribution in [0.1, 0.15) is 26.7 Å². The van der Waals surface area contributed by atoms with E-state index in [2.05, 4.69) is 15.0 Å². The highest BCUT2D eigenvalue weighted by Crippen LogP contribution is 2.39. The smallest absolute Gasteiger partial charge is 0.223 e. The molecule has 2 unspecified atom stereocenters. The van der Waals surface area contributed by atoms with Gasteiger partial charge in [0.2, 0.25) is 11.6 Å². The first-order chi connectivity index (χ1) is 13.3. The SMILES string of the molecule is CC(C(N(C)c1ncnc2[nH]cc(O)c12)C(C)(O)O)C(O)(O)C(O)(O)CCC=O. The lowest BCUT2D eigenvalue weighted by molar-refractivity contribution is -0.383. The third kappa shape index (κ3) is 4.17. The van der Waals surface area contributed by atoms with Crippen LogP contribution in [0.2, 0.25) is 0 Å². The number of aromatic amines is 1. The average Bonchev–Trinajstić information content (AvgIpc) is 3.00. The number of rotatable bonds is 9. The summed E-state index contributed by atoms with van der Waals surface area (Å²) in [6.07, 6.45) is 1.70.